The third kappa shape index (κ3) is 2.58. The zero-order valence-electron chi connectivity index (χ0n) is 5.52. The second-order valence-corrected chi connectivity index (χ2v) is 5.58. The summed E-state index contributed by atoms with van der Waals surface area (Å²) in [6, 6.07) is 0. The molecule has 9 heavy (non-hydrogen) atoms. The standard InChI is InChI=1S/C7H12Si.Li.H/c1-8(2)7-5-3-4-6-7;;/h3-5,8H,6H2,1-2H3;;. The van der Waals surface area contributed by atoms with Gasteiger partial charge in [-0.05, 0) is 6.42 Å². The van der Waals surface area contributed by atoms with Crippen LogP contribution in [-0.4, -0.2) is 27.7 Å². The molecule has 1 rings (SSSR count). The molecular formula is C7H13LiSi. The SMILES string of the molecule is C[SiH](C)C1=CC=CC1.[LiH]. The Labute approximate surface area is 70.8 Å². The van der Waals surface area contributed by atoms with Gasteiger partial charge in [0, 0.05) is 0 Å². The Morgan fingerprint density at radius 3 is 2.33 bits per heavy atom. The Morgan fingerprint density at radius 1 is 1.44 bits per heavy atom. The first kappa shape index (κ1) is 9.29. The average Bonchev–Trinajstić information content (AvgIpc) is 2.12. The van der Waals surface area contributed by atoms with Crippen molar-refractivity contribution in [1.29, 1.82) is 0 Å². The van der Waals surface area contributed by atoms with Crippen LogP contribution in [-0.2, 0) is 0 Å². The number of hydrogen-bond acceptors (Lipinski definition) is 0. The summed E-state index contributed by atoms with van der Waals surface area (Å²) >= 11 is 0. The van der Waals surface area contributed by atoms with Crippen molar-refractivity contribution in [3.05, 3.63) is 23.4 Å². The zero-order chi connectivity index (χ0) is 5.98. The molecular weight excluding hydrogens is 119 g/mol. The van der Waals surface area contributed by atoms with Crippen molar-refractivity contribution in [2.45, 2.75) is 19.5 Å². The normalized spacial score (nSPS) is 15.7. The predicted molar refractivity (Wildman–Crippen MR) is 47.9 cm³/mol. The second-order valence-electron chi connectivity index (χ2n) is 2.53. The number of rotatable bonds is 1. The summed E-state index contributed by atoms with van der Waals surface area (Å²) in [6.45, 7) is 4.75. The van der Waals surface area contributed by atoms with E-state index in [-0.39, 0.29) is 18.9 Å². The van der Waals surface area contributed by atoms with E-state index in [2.05, 4.69) is 31.3 Å². The Kier molecular flexibility index (Phi) is 4.30. The maximum absolute atomic E-state index is 2.37. The van der Waals surface area contributed by atoms with E-state index in [1.165, 1.54) is 6.42 Å². The van der Waals surface area contributed by atoms with Gasteiger partial charge in [-0.3, -0.25) is 0 Å². The Hall–Kier alpha value is 0.294. The van der Waals surface area contributed by atoms with Gasteiger partial charge in [0.25, 0.3) is 0 Å². The molecule has 0 aromatic rings. The average molecular weight is 132 g/mol. The van der Waals surface area contributed by atoms with E-state index < -0.39 is 8.80 Å². The summed E-state index contributed by atoms with van der Waals surface area (Å²) in [4.78, 5) is 0. The monoisotopic (exact) mass is 132 g/mol. The molecule has 0 fully saturated rings. The van der Waals surface area contributed by atoms with Crippen LogP contribution in [0.1, 0.15) is 6.42 Å². The molecule has 0 saturated heterocycles. The van der Waals surface area contributed by atoms with Gasteiger partial charge < -0.3 is 0 Å². The first-order valence-corrected chi connectivity index (χ1v) is 6.05. The zero-order valence-corrected chi connectivity index (χ0v) is 6.67. The van der Waals surface area contributed by atoms with Gasteiger partial charge in [0.05, 0.1) is 8.80 Å². The summed E-state index contributed by atoms with van der Waals surface area (Å²) in [5.74, 6) is 0. The van der Waals surface area contributed by atoms with Crippen LogP contribution >= 0.6 is 0 Å². The molecule has 0 aromatic carbocycles. The van der Waals surface area contributed by atoms with Crippen LogP contribution in [0, 0.1) is 0 Å². The number of hydrogen-bond donors (Lipinski definition) is 0. The molecule has 1 aliphatic rings. The molecule has 2 heteroatoms. The van der Waals surface area contributed by atoms with E-state index in [4.69, 9.17) is 0 Å². The molecule has 1 aliphatic carbocycles. The van der Waals surface area contributed by atoms with Crippen LogP contribution in [0.3, 0.4) is 0 Å². The van der Waals surface area contributed by atoms with Crippen LogP contribution in [0.4, 0.5) is 0 Å². The van der Waals surface area contributed by atoms with Crippen molar-refractivity contribution in [1.82, 2.24) is 0 Å². The molecule has 0 heterocycles. The van der Waals surface area contributed by atoms with Crippen molar-refractivity contribution in [3.63, 3.8) is 0 Å². The topological polar surface area (TPSA) is 0 Å². The van der Waals surface area contributed by atoms with Crippen LogP contribution in [0.5, 0.6) is 0 Å². The van der Waals surface area contributed by atoms with Crippen molar-refractivity contribution < 1.29 is 0 Å². The third-order valence-corrected chi connectivity index (χ3v) is 3.45. The molecule has 46 valence electrons. The second kappa shape index (κ2) is 4.16. The molecule has 0 aromatic heterocycles. The quantitative estimate of drug-likeness (QED) is 0.471. The first-order valence-electron chi connectivity index (χ1n) is 3.16. The van der Waals surface area contributed by atoms with Gasteiger partial charge >= 0.3 is 18.9 Å². The van der Waals surface area contributed by atoms with E-state index in [1.807, 2.05) is 0 Å². The van der Waals surface area contributed by atoms with Gasteiger partial charge in [0.1, 0.15) is 0 Å². The molecule has 0 unspecified atom stereocenters. The molecule has 0 radical (unpaired) electrons. The molecule has 0 atom stereocenters. The molecule has 0 saturated carbocycles. The van der Waals surface area contributed by atoms with Gasteiger partial charge in [0.15, 0.2) is 0 Å². The van der Waals surface area contributed by atoms with Crippen LogP contribution in [0.15, 0.2) is 23.4 Å². The van der Waals surface area contributed by atoms with Crippen molar-refractivity contribution in [2.24, 2.45) is 0 Å². The number of allylic oxidation sites excluding steroid dienone is 4. The van der Waals surface area contributed by atoms with Gasteiger partial charge in [-0.2, -0.15) is 0 Å². The van der Waals surface area contributed by atoms with Crippen molar-refractivity contribution >= 4 is 27.7 Å². The fraction of sp³-hybridized carbons (Fsp3) is 0.429. The molecule has 0 bridgehead atoms. The minimum absolute atomic E-state index is 0. The maximum atomic E-state index is 2.37. The molecule has 0 N–H and O–H groups in total. The minimum atomic E-state index is -0.424. The van der Waals surface area contributed by atoms with E-state index in [1.54, 1.807) is 5.20 Å². The third-order valence-electron chi connectivity index (χ3n) is 1.54. The predicted octanol–water partition coefficient (Wildman–Crippen LogP) is 1.25. The summed E-state index contributed by atoms with van der Waals surface area (Å²) in [5.41, 5.74) is 0. The van der Waals surface area contributed by atoms with Crippen molar-refractivity contribution in [2.75, 3.05) is 0 Å². The van der Waals surface area contributed by atoms with Gasteiger partial charge in [-0.25, -0.2) is 0 Å². The van der Waals surface area contributed by atoms with E-state index >= 15 is 0 Å². The molecule has 0 amide bonds. The van der Waals surface area contributed by atoms with E-state index in [9.17, 15) is 0 Å². The van der Waals surface area contributed by atoms with Crippen LogP contribution in [0.25, 0.3) is 0 Å². The van der Waals surface area contributed by atoms with Crippen LogP contribution in [0.2, 0.25) is 13.1 Å². The fourth-order valence-electron chi connectivity index (χ4n) is 0.892. The summed E-state index contributed by atoms with van der Waals surface area (Å²) in [7, 11) is -0.424. The molecule has 0 spiro atoms. The van der Waals surface area contributed by atoms with Crippen molar-refractivity contribution in [3.8, 4) is 0 Å². The summed E-state index contributed by atoms with van der Waals surface area (Å²) in [5, 5.41) is 1.70. The van der Waals surface area contributed by atoms with Gasteiger partial charge in [-0.15, -0.1) is 0 Å². The fourth-order valence-corrected chi connectivity index (χ4v) is 2.00. The van der Waals surface area contributed by atoms with Gasteiger partial charge in [-0.1, -0.05) is 36.5 Å². The first-order chi connectivity index (χ1) is 3.80. The molecule has 0 nitrogen and oxygen atoms in total. The van der Waals surface area contributed by atoms with Crippen LogP contribution < -0.4 is 0 Å². The van der Waals surface area contributed by atoms with E-state index in [0.717, 1.165) is 0 Å². The van der Waals surface area contributed by atoms with E-state index in [0.29, 0.717) is 0 Å². The Morgan fingerprint density at radius 2 is 2.11 bits per heavy atom. The summed E-state index contributed by atoms with van der Waals surface area (Å²) in [6.07, 6.45) is 7.92. The van der Waals surface area contributed by atoms with Gasteiger partial charge in [0.2, 0.25) is 0 Å². The summed E-state index contributed by atoms with van der Waals surface area (Å²) < 4.78 is 0. The Bertz CT molecular complexity index is 136. The Balaban J connectivity index is 0.000000640. The molecule has 0 aliphatic heterocycles.